The zero-order valence-electron chi connectivity index (χ0n) is 16.1. The minimum absolute atomic E-state index is 0.00172. The molecule has 28 heavy (non-hydrogen) atoms. The molecule has 0 radical (unpaired) electrons. The van der Waals surface area contributed by atoms with Crippen molar-refractivity contribution in [2.45, 2.75) is 25.2 Å². The molecule has 0 unspecified atom stereocenters. The molecule has 142 valence electrons. The molecule has 0 saturated carbocycles. The lowest BCUT2D eigenvalue weighted by Crippen LogP contribution is -2.31. The van der Waals surface area contributed by atoms with E-state index < -0.39 is 0 Å². The lowest BCUT2D eigenvalue weighted by Gasteiger charge is -2.31. The van der Waals surface area contributed by atoms with Gasteiger partial charge in [-0.05, 0) is 42.5 Å². The monoisotopic (exact) mass is 370 g/mol. The predicted octanol–water partition coefficient (Wildman–Crippen LogP) is 5.45. The second-order valence-corrected chi connectivity index (χ2v) is 7.31. The van der Waals surface area contributed by atoms with E-state index in [1.807, 2.05) is 78.9 Å². The van der Waals surface area contributed by atoms with Crippen LogP contribution >= 0.6 is 0 Å². The fraction of sp³-hybridized carbons (Fsp3) is 0.240. The van der Waals surface area contributed by atoms with Crippen LogP contribution in [0.2, 0.25) is 0 Å². The molecule has 1 fully saturated rings. The standard InChI is InChI=1S/C25H26N2O/c28-25(24(20-12-4-1-5-13-20)21-14-6-2-7-15-21)26-22-16-8-9-17-23(22)27-18-10-3-11-19-27/h1-2,4-9,12-17,24H,3,10-11,18-19H2,(H,26,28). The Labute approximate surface area is 167 Å². The highest BCUT2D eigenvalue weighted by Gasteiger charge is 2.24. The topological polar surface area (TPSA) is 32.3 Å². The van der Waals surface area contributed by atoms with Crippen LogP contribution in [0, 0.1) is 0 Å². The van der Waals surface area contributed by atoms with Crippen molar-refractivity contribution < 1.29 is 4.79 Å². The van der Waals surface area contributed by atoms with Crippen molar-refractivity contribution in [2.24, 2.45) is 0 Å². The van der Waals surface area contributed by atoms with Gasteiger partial charge >= 0.3 is 0 Å². The summed E-state index contributed by atoms with van der Waals surface area (Å²) in [5.41, 5.74) is 4.02. The predicted molar refractivity (Wildman–Crippen MR) is 116 cm³/mol. The largest absolute Gasteiger partial charge is 0.370 e. The number of para-hydroxylation sites is 2. The first-order chi connectivity index (χ1) is 13.8. The highest BCUT2D eigenvalue weighted by molar-refractivity contribution is 6.00. The van der Waals surface area contributed by atoms with Crippen LogP contribution in [-0.4, -0.2) is 19.0 Å². The zero-order chi connectivity index (χ0) is 19.2. The van der Waals surface area contributed by atoms with Gasteiger partial charge in [-0.25, -0.2) is 0 Å². The Morgan fingerprint density at radius 1 is 0.714 bits per heavy atom. The molecule has 0 bridgehead atoms. The van der Waals surface area contributed by atoms with Crippen LogP contribution in [0.15, 0.2) is 84.9 Å². The molecule has 1 aliphatic rings. The van der Waals surface area contributed by atoms with E-state index >= 15 is 0 Å². The van der Waals surface area contributed by atoms with Crippen molar-refractivity contribution in [3.63, 3.8) is 0 Å². The number of benzene rings is 3. The molecule has 3 nitrogen and oxygen atoms in total. The summed E-state index contributed by atoms with van der Waals surface area (Å²) in [5, 5.41) is 3.22. The maximum Gasteiger partial charge on any atom is 0.236 e. The fourth-order valence-electron chi connectivity index (χ4n) is 3.98. The zero-order valence-corrected chi connectivity index (χ0v) is 16.1. The second kappa shape index (κ2) is 8.75. The highest BCUT2D eigenvalue weighted by Crippen LogP contribution is 2.31. The van der Waals surface area contributed by atoms with E-state index in [0.29, 0.717) is 0 Å². The number of nitrogens with zero attached hydrogens (tertiary/aromatic N) is 1. The van der Waals surface area contributed by atoms with Gasteiger partial charge in [0.05, 0.1) is 17.3 Å². The van der Waals surface area contributed by atoms with Crippen molar-refractivity contribution in [2.75, 3.05) is 23.3 Å². The Bertz CT molecular complexity index is 863. The van der Waals surface area contributed by atoms with E-state index in [-0.39, 0.29) is 11.8 Å². The maximum atomic E-state index is 13.4. The molecular weight excluding hydrogens is 344 g/mol. The summed E-state index contributed by atoms with van der Waals surface area (Å²) < 4.78 is 0. The quantitative estimate of drug-likeness (QED) is 0.648. The molecule has 0 aromatic heterocycles. The number of carbonyl (C=O) groups excluding carboxylic acids is 1. The molecule has 3 heteroatoms. The third-order valence-electron chi connectivity index (χ3n) is 5.39. The van der Waals surface area contributed by atoms with Crippen LogP contribution in [0.25, 0.3) is 0 Å². The number of carbonyl (C=O) groups is 1. The first-order valence-corrected chi connectivity index (χ1v) is 10.1. The Hall–Kier alpha value is -3.07. The molecule has 1 N–H and O–H groups in total. The van der Waals surface area contributed by atoms with E-state index in [1.54, 1.807) is 0 Å². The number of anilines is 2. The van der Waals surface area contributed by atoms with Crippen LogP contribution in [0.4, 0.5) is 11.4 Å². The molecular formula is C25H26N2O. The minimum Gasteiger partial charge on any atom is -0.370 e. The fourth-order valence-corrected chi connectivity index (χ4v) is 3.98. The lowest BCUT2D eigenvalue weighted by atomic mass is 9.90. The van der Waals surface area contributed by atoms with E-state index in [4.69, 9.17) is 0 Å². The first-order valence-electron chi connectivity index (χ1n) is 10.1. The third kappa shape index (κ3) is 4.09. The van der Waals surface area contributed by atoms with E-state index in [1.165, 1.54) is 19.3 Å². The van der Waals surface area contributed by atoms with Gasteiger partial charge in [0, 0.05) is 13.1 Å². The summed E-state index contributed by atoms with van der Waals surface area (Å²) in [4.78, 5) is 15.8. The van der Waals surface area contributed by atoms with Crippen LogP contribution in [0.3, 0.4) is 0 Å². The normalized spacial score (nSPS) is 14.1. The average Bonchev–Trinajstić information content (AvgIpc) is 2.76. The molecule has 0 spiro atoms. The molecule has 0 aliphatic carbocycles. The van der Waals surface area contributed by atoms with Gasteiger partial charge < -0.3 is 10.2 Å². The smallest absolute Gasteiger partial charge is 0.236 e. The molecule has 1 aliphatic heterocycles. The number of hydrogen-bond donors (Lipinski definition) is 1. The molecule has 3 aromatic carbocycles. The summed E-state index contributed by atoms with van der Waals surface area (Å²) in [6, 6.07) is 28.2. The van der Waals surface area contributed by atoms with Crippen molar-refractivity contribution >= 4 is 17.3 Å². The van der Waals surface area contributed by atoms with Gasteiger partial charge in [0.1, 0.15) is 0 Å². The number of rotatable bonds is 5. The Morgan fingerprint density at radius 3 is 1.86 bits per heavy atom. The maximum absolute atomic E-state index is 13.4. The number of nitrogens with one attached hydrogen (secondary N) is 1. The average molecular weight is 370 g/mol. The Balaban J connectivity index is 1.64. The molecule has 4 rings (SSSR count). The van der Waals surface area contributed by atoms with Crippen molar-refractivity contribution in [1.29, 1.82) is 0 Å². The van der Waals surface area contributed by atoms with Gasteiger partial charge in [0.2, 0.25) is 5.91 Å². The third-order valence-corrected chi connectivity index (χ3v) is 5.39. The van der Waals surface area contributed by atoms with Crippen molar-refractivity contribution in [3.8, 4) is 0 Å². The van der Waals surface area contributed by atoms with Crippen molar-refractivity contribution in [1.82, 2.24) is 0 Å². The second-order valence-electron chi connectivity index (χ2n) is 7.31. The molecule has 3 aromatic rings. The van der Waals surface area contributed by atoms with E-state index in [0.717, 1.165) is 35.6 Å². The van der Waals surface area contributed by atoms with Gasteiger partial charge in [-0.1, -0.05) is 72.8 Å². The van der Waals surface area contributed by atoms with Crippen LogP contribution in [0.5, 0.6) is 0 Å². The van der Waals surface area contributed by atoms with Crippen molar-refractivity contribution in [3.05, 3.63) is 96.1 Å². The summed E-state index contributed by atoms with van der Waals surface area (Å²) in [7, 11) is 0. The Morgan fingerprint density at radius 2 is 1.25 bits per heavy atom. The highest BCUT2D eigenvalue weighted by atomic mass is 16.1. The SMILES string of the molecule is O=C(Nc1ccccc1N1CCCCC1)C(c1ccccc1)c1ccccc1. The van der Waals surface area contributed by atoms with Gasteiger partial charge in [-0.2, -0.15) is 0 Å². The molecule has 0 atom stereocenters. The van der Waals surface area contributed by atoms with Gasteiger partial charge in [-0.15, -0.1) is 0 Å². The molecule has 1 amide bonds. The summed E-state index contributed by atoms with van der Waals surface area (Å²) in [5.74, 6) is -0.335. The van der Waals surface area contributed by atoms with Gasteiger partial charge in [-0.3, -0.25) is 4.79 Å². The Kier molecular flexibility index (Phi) is 5.72. The van der Waals surface area contributed by atoms with Crippen LogP contribution < -0.4 is 10.2 Å². The van der Waals surface area contributed by atoms with E-state index in [2.05, 4.69) is 16.3 Å². The lowest BCUT2D eigenvalue weighted by molar-refractivity contribution is -0.116. The van der Waals surface area contributed by atoms with Crippen LogP contribution in [0.1, 0.15) is 36.3 Å². The summed E-state index contributed by atoms with van der Waals surface area (Å²) >= 11 is 0. The first kappa shape index (κ1) is 18.3. The summed E-state index contributed by atoms with van der Waals surface area (Å²) in [6.45, 7) is 2.10. The number of piperidine rings is 1. The summed E-state index contributed by atoms with van der Waals surface area (Å²) in [6.07, 6.45) is 3.70. The molecule has 1 saturated heterocycles. The molecule has 1 heterocycles. The van der Waals surface area contributed by atoms with Gasteiger partial charge in [0.25, 0.3) is 0 Å². The minimum atomic E-state index is -0.336. The number of hydrogen-bond acceptors (Lipinski definition) is 2. The number of amides is 1. The van der Waals surface area contributed by atoms with Crippen LogP contribution in [-0.2, 0) is 4.79 Å². The van der Waals surface area contributed by atoms with Gasteiger partial charge in [0.15, 0.2) is 0 Å². The van der Waals surface area contributed by atoms with E-state index in [9.17, 15) is 4.79 Å².